The lowest BCUT2D eigenvalue weighted by Gasteiger charge is -2.06. The molecule has 0 radical (unpaired) electrons. The van der Waals surface area contributed by atoms with Crippen LogP contribution in [0.3, 0.4) is 0 Å². The summed E-state index contributed by atoms with van der Waals surface area (Å²) in [6, 6.07) is 2.05. The Balaban J connectivity index is 1.80. The van der Waals surface area contributed by atoms with Gasteiger partial charge in [-0.05, 0) is 58.6 Å². The molecule has 5 nitrogen and oxygen atoms in total. The summed E-state index contributed by atoms with van der Waals surface area (Å²) in [4.78, 5) is 12.1. The van der Waals surface area contributed by atoms with Crippen LogP contribution in [-0.4, -0.2) is 35.3 Å². The molecule has 1 rings (SSSR count). The van der Waals surface area contributed by atoms with Crippen LogP contribution < -0.4 is 10.6 Å². The Hall–Kier alpha value is -1.62. The first-order valence-corrected chi connectivity index (χ1v) is 13.3. The molecule has 32 heavy (non-hydrogen) atoms. The fourth-order valence-corrected chi connectivity index (χ4v) is 3.72. The normalized spacial score (nSPS) is 11.6. The van der Waals surface area contributed by atoms with Crippen LogP contribution in [0.4, 0.5) is 0 Å². The minimum atomic E-state index is -0.0940. The van der Waals surface area contributed by atoms with E-state index in [9.17, 15) is 4.79 Å². The van der Waals surface area contributed by atoms with Gasteiger partial charge in [-0.2, -0.15) is 5.10 Å². The predicted octanol–water partition coefficient (Wildman–Crippen LogP) is 6.82. The maximum Gasteiger partial charge on any atom is 0.271 e. The quantitative estimate of drug-likeness (QED) is 0.161. The number of hydrogen-bond acceptors (Lipinski definition) is 3. The molecule has 0 saturated heterocycles. The second kappa shape index (κ2) is 20.0. The maximum absolute atomic E-state index is 12.1. The first kappa shape index (κ1) is 28.4. The molecule has 0 unspecified atom stereocenters. The molecule has 0 aliphatic carbocycles. The van der Waals surface area contributed by atoms with Gasteiger partial charge < -0.3 is 10.6 Å². The molecule has 5 heteroatoms. The van der Waals surface area contributed by atoms with E-state index in [-0.39, 0.29) is 11.9 Å². The molecule has 1 heterocycles. The third-order valence-corrected chi connectivity index (χ3v) is 5.82. The second-order valence-electron chi connectivity index (χ2n) is 9.22. The SMILES string of the molecule is CCCCCCCC/C=C\CCCCCCCCNCCNC(=O)c1ccn(C(C)C)n1. The lowest BCUT2D eigenvalue weighted by molar-refractivity contribution is 0.0948. The summed E-state index contributed by atoms with van der Waals surface area (Å²) >= 11 is 0. The summed E-state index contributed by atoms with van der Waals surface area (Å²) in [6.45, 7) is 8.85. The topological polar surface area (TPSA) is 58.9 Å². The third-order valence-electron chi connectivity index (χ3n) is 5.82. The molecule has 0 aromatic carbocycles. The van der Waals surface area contributed by atoms with Gasteiger partial charge in [-0.15, -0.1) is 0 Å². The molecule has 0 saturated carbocycles. The molecular formula is C27H50N4O. The zero-order chi connectivity index (χ0) is 23.3. The van der Waals surface area contributed by atoms with Gasteiger partial charge in [0.05, 0.1) is 0 Å². The number of carbonyl (C=O) groups is 1. The van der Waals surface area contributed by atoms with E-state index < -0.39 is 0 Å². The van der Waals surface area contributed by atoms with E-state index >= 15 is 0 Å². The number of rotatable bonds is 21. The lowest BCUT2D eigenvalue weighted by Crippen LogP contribution is -2.32. The number of hydrogen-bond donors (Lipinski definition) is 2. The van der Waals surface area contributed by atoms with Crippen LogP contribution in [0.5, 0.6) is 0 Å². The summed E-state index contributed by atoms with van der Waals surface area (Å²) in [6.07, 6.45) is 25.4. The van der Waals surface area contributed by atoms with Crippen LogP contribution in [-0.2, 0) is 0 Å². The number of carbonyl (C=O) groups excluding carboxylic acids is 1. The van der Waals surface area contributed by atoms with Crippen molar-refractivity contribution < 1.29 is 4.79 Å². The molecule has 0 aliphatic heterocycles. The number of aromatic nitrogens is 2. The molecule has 0 spiro atoms. The van der Waals surface area contributed by atoms with Gasteiger partial charge >= 0.3 is 0 Å². The molecule has 2 N–H and O–H groups in total. The largest absolute Gasteiger partial charge is 0.349 e. The van der Waals surface area contributed by atoms with Gasteiger partial charge in [-0.1, -0.05) is 76.9 Å². The fraction of sp³-hybridized carbons (Fsp3) is 0.778. The van der Waals surface area contributed by atoms with Gasteiger partial charge in [-0.3, -0.25) is 9.48 Å². The lowest BCUT2D eigenvalue weighted by atomic mass is 10.1. The van der Waals surface area contributed by atoms with Crippen molar-refractivity contribution in [2.24, 2.45) is 0 Å². The van der Waals surface area contributed by atoms with Crippen LogP contribution in [0.1, 0.15) is 127 Å². The van der Waals surface area contributed by atoms with Crippen LogP contribution in [0.15, 0.2) is 24.4 Å². The van der Waals surface area contributed by atoms with E-state index in [0.29, 0.717) is 12.2 Å². The molecule has 184 valence electrons. The number of nitrogens with zero attached hydrogens (tertiary/aromatic N) is 2. The second-order valence-corrected chi connectivity index (χ2v) is 9.22. The van der Waals surface area contributed by atoms with Crippen molar-refractivity contribution in [3.05, 3.63) is 30.1 Å². The zero-order valence-corrected chi connectivity index (χ0v) is 21.2. The third kappa shape index (κ3) is 15.2. The zero-order valence-electron chi connectivity index (χ0n) is 21.2. The molecule has 1 amide bonds. The Morgan fingerprint density at radius 1 is 0.875 bits per heavy atom. The summed E-state index contributed by atoms with van der Waals surface area (Å²) in [5.41, 5.74) is 0.493. The number of unbranched alkanes of at least 4 members (excludes halogenated alkanes) is 12. The van der Waals surface area contributed by atoms with Gasteiger partial charge in [0.25, 0.3) is 5.91 Å². The van der Waals surface area contributed by atoms with Crippen molar-refractivity contribution in [2.75, 3.05) is 19.6 Å². The van der Waals surface area contributed by atoms with Crippen LogP contribution in [0.2, 0.25) is 0 Å². The first-order valence-electron chi connectivity index (χ1n) is 13.3. The highest BCUT2D eigenvalue weighted by Gasteiger charge is 2.09. The van der Waals surface area contributed by atoms with Crippen LogP contribution in [0, 0.1) is 0 Å². The monoisotopic (exact) mass is 446 g/mol. The number of allylic oxidation sites excluding steroid dienone is 2. The Kier molecular flexibility index (Phi) is 17.8. The highest BCUT2D eigenvalue weighted by Crippen LogP contribution is 2.10. The van der Waals surface area contributed by atoms with Gasteiger partial charge in [0.15, 0.2) is 0 Å². The van der Waals surface area contributed by atoms with Gasteiger partial charge in [0.1, 0.15) is 5.69 Å². The van der Waals surface area contributed by atoms with E-state index in [1.807, 2.05) is 6.20 Å². The Bertz CT molecular complexity index is 594. The van der Waals surface area contributed by atoms with Crippen molar-refractivity contribution in [3.63, 3.8) is 0 Å². The van der Waals surface area contributed by atoms with Gasteiger partial charge in [0, 0.05) is 25.3 Å². The van der Waals surface area contributed by atoms with E-state index in [1.54, 1.807) is 10.7 Å². The summed E-state index contributed by atoms with van der Waals surface area (Å²) < 4.78 is 1.81. The average Bonchev–Trinajstić information content (AvgIpc) is 3.28. The minimum Gasteiger partial charge on any atom is -0.349 e. The van der Waals surface area contributed by atoms with Gasteiger partial charge in [-0.25, -0.2) is 0 Å². The van der Waals surface area contributed by atoms with Crippen LogP contribution in [0.25, 0.3) is 0 Å². The number of nitrogens with one attached hydrogen (secondary N) is 2. The Morgan fingerprint density at radius 2 is 1.47 bits per heavy atom. The highest BCUT2D eigenvalue weighted by molar-refractivity contribution is 5.92. The first-order chi connectivity index (χ1) is 15.6. The fourth-order valence-electron chi connectivity index (χ4n) is 3.72. The molecular weight excluding hydrogens is 396 g/mol. The number of amides is 1. The van der Waals surface area contributed by atoms with E-state index in [4.69, 9.17) is 0 Å². The maximum atomic E-state index is 12.1. The molecule has 1 aromatic heterocycles. The van der Waals surface area contributed by atoms with E-state index in [2.05, 4.69) is 48.7 Å². The summed E-state index contributed by atoms with van der Waals surface area (Å²) in [7, 11) is 0. The Labute approximate surface area is 197 Å². The van der Waals surface area contributed by atoms with E-state index in [1.165, 1.54) is 89.9 Å². The molecule has 0 aliphatic rings. The molecule has 0 bridgehead atoms. The molecule has 0 fully saturated rings. The van der Waals surface area contributed by atoms with Gasteiger partial charge in [0.2, 0.25) is 0 Å². The van der Waals surface area contributed by atoms with Crippen molar-refractivity contribution in [1.82, 2.24) is 20.4 Å². The molecule has 1 aromatic rings. The van der Waals surface area contributed by atoms with Crippen LogP contribution >= 0.6 is 0 Å². The molecule has 0 atom stereocenters. The standard InChI is InChI=1S/C27H50N4O/c1-4-5-6-7-8-9-10-11-12-13-14-15-16-17-18-19-21-28-22-23-29-27(32)26-20-24-31(30-26)25(2)3/h11-12,20,24-25,28H,4-10,13-19,21-23H2,1-3H3,(H,29,32)/b12-11-. The van der Waals surface area contributed by atoms with Crippen molar-refractivity contribution in [1.29, 1.82) is 0 Å². The summed E-state index contributed by atoms with van der Waals surface area (Å²) in [5.74, 6) is -0.0940. The summed E-state index contributed by atoms with van der Waals surface area (Å²) in [5, 5.41) is 10.6. The van der Waals surface area contributed by atoms with Crippen molar-refractivity contribution in [3.8, 4) is 0 Å². The Morgan fingerprint density at radius 3 is 2.06 bits per heavy atom. The van der Waals surface area contributed by atoms with E-state index in [0.717, 1.165) is 13.1 Å². The smallest absolute Gasteiger partial charge is 0.271 e. The highest BCUT2D eigenvalue weighted by atomic mass is 16.1. The minimum absolute atomic E-state index is 0.0940. The van der Waals surface area contributed by atoms with Crippen molar-refractivity contribution >= 4 is 5.91 Å². The average molecular weight is 447 g/mol. The van der Waals surface area contributed by atoms with Crippen molar-refractivity contribution in [2.45, 2.75) is 117 Å². The predicted molar refractivity (Wildman–Crippen MR) is 137 cm³/mol.